The van der Waals surface area contributed by atoms with Gasteiger partial charge < -0.3 is 14.5 Å². The Kier molecular flexibility index (Phi) is 6.32. The smallest absolute Gasteiger partial charge is 0.254 e. The molecular weight excluding hydrogens is 400 g/mol. The molecule has 8 heteroatoms. The highest BCUT2D eigenvalue weighted by Crippen LogP contribution is 2.33. The Morgan fingerprint density at radius 3 is 2.73 bits per heavy atom. The zero-order valence-electron chi connectivity index (χ0n) is 17.5. The predicted molar refractivity (Wildman–Crippen MR) is 119 cm³/mol. The third-order valence-corrected chi connectivity index (χ3v) is 6.82. The highest BCUT2D eigenvalue weighted by Gasteiger charge is 2.30. The minimum absolute atomic E-state index is 0.0350. The number of anilines is 1. The molecule has 0 N–H and O–H groups in total. The second kappa shape index (κ2) is 9.12. The Bertz CT molecular complexity index is 969. The van der Waals surface area contributed by atoms with E-state index >= 15 is 0 Å². The number of hydrogen-bond acceptors (Lipinski definition) is 6. The van der Waals surface area contributed by atoms with Crippen molar-refractivity contribution in [2.24, 2.45) is 0 Å². The fraction of sp³-hybridized carbons (Fsp3) is 0.500. The van der Waals surface area contributed by atoms with Gasteiger partial charge in [-0.1, -0.05) is 37.2 Å². The van der Waals surface area contributed by atoms with Crippen molar-refractivity contribution in [3.05, 3.63) is 46.4 Å². The van der Waals surface area contributed by atoms with E-state index in [1.165, 1.54) is 0 Å². The lowest BCUT2D eigenvalue weighted by Gasteiger charge is -2.37. The SMILES string of the molecule is CCCc1cc(=O)n2c(n1)SCC2CC(=O)N1CCN(c2ccccc2OC)CC1. The zero-order chi connectivity index (χ0) is 21.1. The van der Waals surface area contributed by atoms with Crippen LogP contribution < -0.4 is 15.2 Å². The summed E-state index contributed by atoms with van der Waals surface area (Å²) in [6.45, 7) is 4.96. The number of piperazine rings is 1. The number of ether oxygens (including phenoxy) is 1. The quantitative estimate of drug-likeness (QED) is 0.659. The Morgan fingerprint density at radius 2 is 2.00 bits per heavy atom. The van der Waals surface area contributed by atoms with Gasteiger partial charge in [-0.3, -0.25) is 14.2 Å². The maximum atomic E-state index is 12.9. The Balaban J connectivity index is 1.38. The van der Waals surface area contributed by atoms with Gasteiger partial charge in [0.2, 0.25) is 5.91 Å². The Labute approximate surface area is 181 Å². The first-order chi connectivity index (χ1) is 14.6. The minimum atomic E-state index is -0.111. The lowest BCUT2D eigenvalue weighted by atomic mass is 10.1. The van der Waals surface area contributed by atoms with Crippen LogP contribution in [-0.4, -0.2) is 59.4 Å². The van der Waals surface area contributed by atoms with Gasteiger partial charge in [-0.05, 0) is 18.6 Å². The maximum Gasteiger partial charge on any atom is 0.254 e. The first-order valence-corrected chi connectivity index (χ1v) is 11.5. The van der Waals surface area contributed by atoms with Crippen molar-refractivity contribution < 1.29 is 9.53 Å². The Hall–Kier alpha value is -2.48. The standard InChI is InChI=1S/C22H28N4O3S/c1-3-6-16-13-21(28)26-17(15-30-22(26)23-16)14-20(27)25-11-9-24(10-12-25)18-7-4-5-8-19(18)29-2/h4-5,7-8,13,17H,3,6,9-12,14-15H2,1-2H3. The first kappa shape index (κ1) is 20.8. The minimum Gasteiger partial charge on any atom is -0.495 e. The average molecular weight is 429 g/mol. The summed E-state index contributed by atoms with van der Waals surface area (Å²) in [6.07, 6.45) is 2.12. The van der Waals surface area contributed by atoms with Crippen LogP contribution in [0.1, 0.15) is 31.5 Å². The highest BCUT2D eigenvalue weighted by molar-refractivity contribution is 7.99. The van der Waals surface area contributed by atoms with Crippen LogP contribution in [0.4, 0.5) is 5.69 Å². The van der Waals surface area contributed by atoms with Crippen LogP contribution in [0.5, 0.6) is 5.75 Å². The number of carbonyl (C=O) groups excluding carboxylic acids is 1. The number of benzene rings is 1. The summed E-state index contributed by atoms with van der Waals surface area (Å²) in [7, 11) is 1.68. The first-order valence-electron chi connectivity index (χ1n) is 10.5. The summed E-state index contributed by atoms with van der Waals surface area (Å²) in [5.41, 5.74) is 1.88. The molecule has 4 rings (SSSR count). The molecule has 1 fully saturated rings. The number of carbonyl (C=O) groups is 1. The third kappa shape index (κ3) is 4.19. The second-order valence-corrected chi connectivity index (χ2v) is 8.68. The van der Waals surface area contributed by atoms with Gasteiger partial charge in [0.05, 0.1) is 18.8 Å². The summed E-state index contributed by atoms with van der Waals surface area (Å²) in [6, 6.07) is 9.49. The van der Waals surface area contributed by atoms with Crippen molar-refractivity contribution in [1.82, 2.24) is 14.5 Å². The average Bonchev–Trinajstić information content (AvgIpc) is 3.17. The van der Waals surface area contributed by atoms with Gasteiger partial charge in [0.15, 0.2) is 5.16 Å². The normalized spacial score (nSPS) is 18.4. The van der Waals surface area contributed by atoms with Crippen molar-refractivity contribution in [1.29, 1.82) is 0 Å². The maximum absolute atomic E-state index is 12.9. The van der Waals surface area contributed by atoms with E-state index in [1.54, 1.807) is 29.5 Å². The number of aryl methyl sites for hydroxylation is 1. The van der Waals surface area contributed by atoms with E-state index in [-0.39, 0.29) is 17.5 Å². The molecule has 1 aromatic heterocycles. The number of aromatic nitrogens is 2. The fourth-order valence-electron chi connectivity index (χ4n) is 4.15. The van der Waals surface area contributed by atoms with Crippen LogP contribution in [0, 0.1) is 0 Å². The highest BCUT2D eigenvalue weighted by atomic mass is 32.2. The van der Waals surface area contributed by atoms with Gasteiger partial charge in [-0.2, -0.15) is 0 Å². The van der Waals surface area contributed by atoms with E-state index in [1.807, 2.05) is 23.1 Å². The van der Waals surface area contributed by atoms with E-state index in [2.05, 4.69) is 22.9 Å². The molecular formula is C22H28N4O3S. The molecule has 3 heterocycles. The molecule has 160 valence electrons. The third-order valence-electron chi connectivity index (χ3n) is 5.72. The number of fused-ring (bicyclic) bond motifs is 1. The van der Waals surface area contributed by atoms with Gasteiger partial charge in [0, 0.05) is 50.1 Å². The van der Waals surface area contributed by atoms with Crippen molar-refractivity contribution in [3.63, 3.8) is 0 Å². The van der Waals surface area contributed by atoms with E-state index in [9.17, 15) is 9.59 Å². The number of hydrogen-bond donors (Lipinski definition) is 0. The zero-order valence-corrected chi connectivity index (χ0v) is 18.4. The van der Waals surface area contributed by atoms with Crippen molar-refractivity contribution in [2.45, 2.75) is 37.4 Å². The van der Waals surface area contributed by atoms with Crippen LogP contribution in [0.15, 0.2) is 40.3 Å². The van der Waals surface area contributed by atoms with Gasteiger partial charge in [0.1, 0.15) is 5.75 Å². The van der Waals surface area contributed by atoms with E-state index < -0.39 is 0 Å². The van der Waals surface area contributed by atoms with Gasteiger partial charge in [0.25, 0.3) is 5.56 Å². The fourth-order valence-corrected chi connectivity index (χ4v) is 5.32. The van der Waals surface area contributed by atoms with Gasteiger partial charge in [-0.25, -0.2) is 4.98 Å². The van der Waals surface area contributed by atoms with E-state index in [0.29, 0.717) is 19.5 Å². The monoisotopic (exact) mass is 428 g/mol. The molecule has 30 heavy (non-hydrogen) atoms. The molecule has 0 aliphatic carbocycles. The molecule has 0 bridgehead atoms. The van der Waals surface area contributed by atoms with Crippen LogP contribution in [0.25, 0.3) is 0 Å². The number of methoxy groups -OCH3 is 1. The van der Waals surface area contributed by atoms with Crippen LogP contribution in [-0.2, 0) is 11.2 Å². The summed E-state index contributed by atoms with van der Waals surface area (Å²) >= 11 is 1.58. The van der Waals surface area contributed by atoms with Gasteiger partial charge in [-0.15, -0.1) is 0 Å². The second-order valence-electron chi connectivity index (χ2n) is 7.70. The molecule has 1 aromatic carbocycles. The molecule has 1 atom stereocenters. The number of rotatable bonds is 6. The lowest BCUT2D eigenvalue weighted by molar-refractivity contribution is -0.132. The summed E-state index contributed by atoms with van der Waals surface area (Å²) in [4.78, 5) is 34.3. The van der Waals surface area contributed by atoms with Crippen LogP contribution in [0.2, 0.25) is 0 Å². The molecule has 1 unspecified atom stereocenters. The molecule has 0 radical (unpaired) electrons. The number of para-hydroxylation sites is 2. The van der Waals surface area contributed by atoms with Gasteiger partial charge >= 0.3 is 0 Å². The summed E-state index contributed by atoms with van der Waals surface area (Å²) < 4.78 is 7.18. The Morgan fingerprint density at radius 1 is 1.23 bits per heavy atom. The molecule has 1 amide bonds. The lowest BCUT2D eigenvalue weighted by Crippen LogP contribution is -2.49. The number of nitrogens with zero attached hydrogens (tertiary/aromatic N) is 4. The molecule has 1 saturated heterocycles. The molecule has 7 nitrogen and oxygen atoms in total. The van der Waals surface area contributed by atoms with Crippen molar-refractivity contribution >= 4 is 23.4 Å². The number of thioether (sulfide) groups is 1. The predicted octanol–water partition coefficient (Wildman–Crippen LogP) is 2.59. The number of amides is 1. The largest absolute Gasteiger partial charge is 0.495 e. The summed E-state index contributed by atoms with van der Waals surface area (Å²) in [5, 5.41) is 0.754. The van der Waals surface area contributed by atoms with Crippen LogP contribution >= 0.6 is 11.8 Å². The molecule has 2 aliphatic rings. The molecule has 2 aliphatic heterocycles. The molecule has 0 spiro atoms. The van der Waals surface area contributed by atoms with Crippen molar-refractivity contribution in [3.8, 4) is 5.75 Å². The molecule has 2 aromatic rings. The summed E-state index contributed by atoms with van der Waals surface area (Å²) in [5.74, 6) is 1.69. The molecule has 0 saturated carbocycles. The van der Waals surface area contributed by atoms with Crippen LogP contribution in [0.3, 0.4) is 0 Å². The van der Waals surface area contributed by atoms with E-state index in [4.69, 9.17) is 4.74 Å². The van der Waals surface area contributed by atoms with E-state index in [0.717, 1.165) is 54.0 Å². The topological polar surface area (TPSA) is 67.7 Å². The van der Waals surface area contributed by atoms with Crippen molar-refractivity contribution in [2.75, 3.05) is 43.9 Å².